The van der Waals surface area contributed by atoms with E-state index in [0.717, 1.165) is 41.2 Å². The van der Waals surface area contributed by atoms with E-state index in [4.69, 9.17) is 4.74 Å². The number of nitrogens with zero attached hydrogens (tertiary/aromatic N) is 1. The summed E-state index contributed by atoms with van der Waals surface area (Å²) < 4.78 is 5.83. The Labute approximate surface area is 126 Å². The van der Waals surface area contributed by atoms with Crippen LogP contribution in [-0.4, -0.2) is 5.71 Å². The summed E-state index contributed by atoms with van der Waals surface area (Å²) in [5.74, 6) is 1.75. The zero-order chi connectivity index (χ0) is 15.1. The van der Waals surface area contributed by atoms with Gasteiger partial charge in [-0.05, 0) is 68.7 Å². The topological polar surface area (TPSA) is 21.6 Å². The minimum atomic E-state index is 0.837. The highest BCUT2D eigenvalue weighted by Crippen LogP contribution is 2.20. The van der Waals surface area contributed by atoms with Gasteiger partial charge < -0.3 is 4.74 Å². The van der Waals surface area contributed by atoms with Crippen molar-refractivity contribution in [2.75, 3.05) is 0 Å². The first-order chi connectivity index (χ1) is 10.2. The van der Waals surface area contributed by atoms with Crippen molar-refractivity contribution < 1.29 is 4.74 Å². The second-order valence-corrected chi connectivity index (χ2v) is 4.95. The average Bonchev–Trinajstić information content (AvgIpc) is 2.50. The molecular weight excluding hydrogens is 258 g/mol. The molecule has 0 spiro atoms. The highest BCUT2D eigenvalue weighted by molar-refractivity contribution is 6.12. The van der Waals surface area contributed by atoms with Crippen LogP contribution in [0.1, 0.15) is 32.3 Å². The Morgan fingerprint density at radius 1 is 1.24 bits per heavy atom. The van der Waals surface area contributed by atoms with Crippen LogP contribution in [0.15, 0.2) is 77.7 Å². The molecule has 2 rings (SSSR count). The second kappa shape index (κ2) is 7.44. The van der Waals surface area contributed by atoms with Crippen molar-refractivity contribution in [3.63, 3.8) is 0 Å². The van der Waals surface area contributed by atoms with Crippen LogP contribution in [0.5, 0.6) is 5.75 Å². The Morgan fingerprint density at radius 3 is 2.57 bits per heavy atom. The third-order valence-corrected chi connectivity index (χ3v) is 3.08. The number of ether oxygens (including phenoxy) is 1. The Bertz CT molecular complexity index is 615. The molecule has 0 saturated heterocycles. The Balaban J connectivity index is 2.15. The van der Waals surface area contributed by atoms with Gasteiger partial charge in [-0.2, -0.15) is 0 Å². The van der Waals surface area contributed by atoms with E-state index in [2.05, 4.69) is 23.7 Å². The van der Waals surface area contributed by atoms with Crippen LogP contribution in [0.2, 0.25) is 0 Å². The molecule has 0 amide bonds. The molecule has 0 bridgehead atoms. The molecule has 1 aromatic carbocycles. The van der Waals surface area contributed by atoms with Crippen LogP contribution in [0.25, 0.3) is 0 Å². The summed E-state index contributed by atoms with van der Waals surface area (Å²) in [7, 11) is 0. The van der Waals surface area contributed by atoms with Gasteiger partial charge in [0.2, 0.25) is 0 Å². The van der Waals surface area contributed by atoms with Gasteiger partial charge in [-0.15, -0.1) is 0 Å². The lowest BCUT2D eigenvalue weighted by molar-refractivity contribution is 0.439. The van der Waals surface area contributed by atoms with Gasteiger partial charge in [-0.25, -0.2) is 0 Å². The van der Waals surface area contributed by atoms with Gasteiger partial charge in [0.05, 0.1) is 5.71 Å². The van der Waals surface area contributed by atoms with Crippen molar-refractivity contribution in [2.45, 2.75) is 26.7 Å². The van der Waals surface area contributed by atoms with E-state index < -0.39 is 0 Å². The maximum atomic E-state index is 5.83. The zero-order valence-electron chi connectivity index (χ0n) is 12.7. The number of allylic oxidation sites excluding steroid dienone is 5. The Kier molecular flexibility index (Phi) is 5.33. The summed E-state index contributed by atoms with van der Waals surface area (Å²) in [6.45, 7) is 7.90. The molecule has 1 aliphatic rings. The molecule has 108 valence electrons. The van der Waals surface area contributed by atoms with Gasteiger partial charge in [-0.1, -0.05) is 18.7 Å². The van der Waals surface area contributed by atoms with E-state index in [9.17, 15) is 0 Å². The van der Waals surface area contributed by atoms with Gasteiger partial charge in [-0.3, -0.25) is 4.99 Å². The van der Waals surface area contributed by atoms with Crippen molar-refractivity contribution in [1.82, 2.24) is 0 Å². The van der Waals surface area contributed by atoms with Gasteiger partial charge in [0.15, 0.2) is 0 Å². The lowest BCUT2D eigenvalue weighted by Gasteiger charge is -2.11. The van der Waals surface area contributed by atoms with Crippen LogP contribution in [0.3, 0.4) is 0 Å². The average molecular weight is 279 g/mol. The van der Waals surface area contributed by atoms with Gasteiger partial charge in [0.1, 0.15) is 11.5 Å². The molecule has 2 nitrogen and oxygen atoms in total. The fourth-order valence-corrected chi connectivity index (χ4v) is 2.06. The summed E-state index contributed by atoms with van der Waals surface area (Å²) in [5.41, 5.74) is 2.89. The van der Waals surface area contributed by atoms with Crippen molar-refractivity contribution >= 4 is 5.71 Å². The minimum absolute atomic E-state index is 0.837. The van der Waals surface area contributed by atoms with Crippen molar-refractivity contribution in [3.8, 4) is 5.75 Å². The van der Waals surface area contributed by atoms with E-state index >= 15 is 0 Å². The highest BCUT2D eigenvalue weighted by Gasteiger charge is 2.05. The molecule has 21 heavy (non-hydrogen) atoms. The van der Waals surface area contributed by atoms with Crippen LogP contribution >= 0.6 is 0 Å². The van der Waals surface area contributed by atoms with E-state index in [1.807, 2.05) is 50.3 Å². The molecule has 0 unspecified atom stereocenters. The van der Waals surface area contributed by atoms with Crippen LogP contribution in [-0.2, 0) is 0 Å². The maximum Gasteiger partial charge on any atom is 0.127 e. The molecule has 0 aromatic heterocycles. The van der Waals surface area contributed by atoms with Crippen molar-refractivity contribution in [2.24, 2.45) is 4.99 Å². The minimum Gasteiger partial charge on any atom is -0.458 e. The normalized spacial score (nSPS) is 15.1. The van der Waals surface area contributed by atoms with Gasteiger partial charge >= 0.3 is 0 Å². The summed E-state index contributed by atoms with van der Waals surface area (Å²) in [4.78, 5) is 4.43. The number of rotatable bonds is 5. The molecule has 0 radical (unpaired) electrons. The molecule has 0 heterocycles. The van der Waals surface area contributed by atoms with Crippen LogP contribution in [0.4, 0.5) is 0 Å². The molecule has 2 heteroatoms. The molecular formula is C19H21NO. The van der Waals surface area contributed by atoms with E-state index in [1.165, 1.54) is 0 Å². The van der Waals surface area contributed by atoms with Gasteiger partial charge in [0, 0.05) is 11.8 Å². The third kappa shape index (κ3) is 4.32. The molecule has 0 aliphatic heterocycles. The fourth-order valence-electron chi connectivity index (χ4n) is 2.06. The first-order valence-electron chi connectivity index (χ1n) is 7.20. The van der Waals surface area contributed by atoms with Crippen LogP contribution < -0.4 is 4.74 Å². The number of aliphatic imine (C=N–C) groups is 1. The smallest absolute Gasteiger partial charge is 0.127 e. The fraction of sp³-hybridized carbons (Fsp3) is 0.211. The summed E-state index contributed by atoms with van der Waals surface area (Å²) in [5, 5.41) is 0. The molecule has 0 saturated carbocycles. The lowest BCUT2D eigenvalue weighted by Crippen LogP contribution is -2.01. The standard InChI is InChI=1S/C19H21NO/c1-4-14-20-19(15(2)3)16-10-12-18(13-11-16)21-17-8-6-5-7-9-17/h4,6,8-14H,2,5,7H2,1,3H3/b14-4-,20-19?. The molecule has 0 fully saturated rings. The summed E-state index contributed by atoms with van der Waals surface area (Å²) in [6, 6.07) is 7.96. The zero-order valence-corrected chi connectivity index (χ0v) is 12.7. The van der Waals surface area contributed by atoms with E-state index in [1.54, 1.807) is 6.20 Å². The molecule has 0 N–H and O–H groups in total. The Morgan fingerprint density at radius 2 is 2.00 bits per heavy atom. The van der Waals surface area contributed by atoms with E-state index in [-0.39, 0.29) is 0 Å². The summed E-state index contributed by atoms with van der Waals surface area (Å²) >= 11 is 0. The quantitative estimate of drug-likeness (QED) is 0.679. The monoisotopic (exact) mass is 279 g/mol. The van der Waals surface area contributed by atoms with Crippen molar-refractivity contribution in [1.29, 1.82) is 0 Å². The highest BCUT2D eigenvalue weighted by atomic mass is 16.5. The number of hydrogen-bond donors (Lipinski definition) is 0. The molecule has 1 aliphatic carbocycles. The predicted molar refractivity (Wildman–Crippen MR) is 89.7 cm³/mol. The second-order valence-electron chi connectivity index (χ2n) is 4.95. The maximum absolute atomic E-state index is 5.83. The SMILES string of the molecule is C=C(C)C(=N/C=C\C)c1ccc(OC2=CCCC=C2)cc1. The molecule has 1 aromatic rings. The number of hydrogen-bond acceptors (Lipinski definition) is 2. The largest absolute Gasteiger partial charge is 0.458 e. The van der Waals surface area contributed by atoms with Crippen molar-refractivity contribution in [3.05, 3.63) is 78.2 Å². The first-order valence-corrected chi connectivity index (χ1v) is 7.20. The van der Waals surface area contributed by atoms with E-state index in [0.29, 0.717) is 0 Å². The lowest BCUT2D eigenvalue weighted by atomic mass is 10.0. The third-order valence-electron chi connectivity index (χ3n) is 3.08. The van der Waals surface area contributed by atoms with Gasteiger partial charge in [0.25, 0.3) is 0 Å². The first kappa shape index (κ1) is 15.0. The predicted octanol–water partition coefficient (Wildman–Crippen LogP) is 5.20. The Hall–Kier alpha value is -2.35. The summed E-state index contributed by atoms with van der Waals surface area (Å²) in [6.07, 6.45) is 12.1. The number of benzene rings is 1. The van der Waals surface area contributed by atoms with Crippen LogP contribution in [0, 0.1) is 0 Å². The molecule has 0 atom stereocenters.